The van der Waals surface area contributed by atoms with Gasteiger partial charge in [0, 0.05) is 24.0 Å². The molecule has 3 rings (SSSR count). The van der Waals surface area contributed by atoms with Crippen LogP contribution in [0.15, 0.2) is 35.3 Å². The zero-order valence-corrected chi connectivity index (χ0v) is 12.9. The van der Waals surface area contributed by atoms with Gasteiger partial charge in [-0.25, -0.2) is 9.97 Å². The standard InChI is InChI=1S/C13H13BrN4S/c1-17(7-10-8-19-9-15-10)13-11(6-14)18-5-3-2-4-12(18)16-13/h2-5,8-9H,6-7H2,1H3. The largest absolute Gasteiger partial charge is 0.352 e. The van der Waals surface area contributed by atoms with Gasteiger partial charge in [0.1, 0.15) is 5.65 Å². The number of alkyl halides is 1. The fraction of sp³-hybridized carbons (Fsp3) is 0.231. The van der Waals surface area contributed by atoms with Crippen molar-refractivity contribution in [1.82, 2.24) is 14.4 Å². The maximum atomic E-state index is 4.70. The number of hydrogen-bond acceptors (Lipinski definition) is 4. The number of thiazole rings is 1. The normalized spacial score (nSPS) is 11.1. The van der Waals surface area contributed by atoms with Crippen LogP contribution in [0.2, 0.25) is 0 Å². The van der Waals surface area contributed by atoms with Crippen molar-refractivity contribution in [3.63, 3.8) is 0 Å². The molecule has 0 spiro atoms. The number of anilines is 1. The molecule has 3 aromatic rings. The SMILES string of the molecule is CN(Cc1cscn1)c1nc2ccccn2c1CBr. The molecule has 98 valence electrons. The highest BCUT2D eigenvalue weighted by atomic mass is 79.9. The number of hydrogen-bond donors (Lipinski definition) is 0. The Hall–Kier alpha value is -1.40. The van der Waals surface area contributed by atoms with Crippen molar-refractivity contribution >= 4 is 38.7 Å². The highest BCUT2D eigenvalue weighted by Crippen LogP contribution is 2.24. The molecule has 0 saturated heterocycles. The van der Waals surface area contributed by atoms with Crippen molar-refractivity contribution in [3.05, 3.63) is 46.7 Å². The number of nitrogens with zero attached hydrogens (tertiary/aromatic N) is 4. The van der Waals surface area contributed by atoms with Gasteiger partial charge in [-0.05, 0) is 12.1 Å². The van der Waals surface area contributed by atoms with Gasteiger partial charge < -0.3 is 9.30 Å². The Bertz CT molecular complexity index is 677. The predicted octanol–water partition coefficient (Wildman–Crippen LogP) is 3.32. The Morgan fingerprint density at radius 3 is 3.05 bits per heavy atom. The lowest BCUT2D eigenvalue weighted by atomic mass is 10.4. The van der Waals surface area contributed by atoms with E-state index in [9.17, 15) is 0 Å². The zero-order chi connectivity index (χ0) is 13.2. The number of aromatic nitrogens is 3. The van der Waals surface area contributed by atoms with Gasteiger partial charge in [-0.3, -0.25) is 0 Å². The Balaban J connectivity index is 1.99. The molecule has 0 fully saturated rings. The van der Waals surface area contributed by atoms with Crippen LogP contribution in [0.4, 0.5) is 5.82 Å². The lowest BCUT2D eigenvalue weighted by molar-refractivity contribution is 0.872. The summed E-state index contributed by atoms with van der Waals surface area (Å²) < 4.78 is 2.11. The van der Waals surface area contributed by atoms with Gasteiger partial charge in [0.05, 0.1) is 23.4 Å². The highest BCUT2D eigenvalue weighted by molar-refractivity contribution is 9.08. The van der Waals surface area contributed by atoms with Gasteiger partial charge >= 0.3 is 0 Å². The number of halogens is 1. The molecule has 3 heterocycles. The first-order valence-electron chi connectivity index (χ1n) is 5.89. The molecule has 6 heteroatoms. The van der Waals surface area contributed by atoms with Crippen LogP contribution >= 0.6 is 27.3 Å². The number of pyridine rings is 1. The topological polar surface area (TPSA) is 33.4 Å². The molecule has 0 amide bonds. The summed E-state index contributed by atoms with van der Waals surface area (Å²) in [6, 6.07) is 6.04. The molecule has 0 aromatic carbocycles. The average molecular weight is 337 g/mol. The van der Waals surface area contributed by atoms with E-state index in [1.165, 1.54) is 0 Å². The number of rotatable bonds is 4. The smallest absolute Gasteiger partial charge is 0.152 e. The van der Waals surface area contributed by atoms with E-state index in [1.54, 1.807) is 11.3 Å². The molecule has 0 saturated carbocycles. The van der Waals surface area contributed by atoms with Crippen molar-refractivity contribution in [3.8, 4) is 0 Å². The Kier molecular flexibility index (Phi) is 3.52. The third-order valence-corrected chi connectivity index (χ3v) is 4.14. The van der Waals surface area contributed by atoms with E-state index < -0.39 is 0 Å². The molecule has 0 unspecified atom stereocenters. The predicted molar refractivity (Wildman–Crippen MR) is 82.0 cm³/mol. The lowest BCUT2D eigenvalue weighted by Crippen LogP contribution is -2.18. The highest BCUT2D eigenvalue weighted by Gasteiger charge is 2.15. The second kappa shape index (κ2) is 5.30. The first-order valence-corrected chi connectivity index (χ1v) is 7.96. The molecule has 0 aliphatic rings. The van der Waals surface area contributed by atoms with Crippen molar-refractivity contribution in [2.45, 2.75) is 11.9 Å². The first kappa shape index (κ1) is 12.6. The van der Waals surface area contributed by atoms with Crippen molar-refractivity contribution < 1.29 is 0 Å². The van der Waals surface area contributed by atoms with E-state index in [-0.39, 0.29) is 0 Å². The van der Waals surface area contributed by atoms with E-state index >= 15 is 0 Å². The second-order valence-electron chi connectivity index (χ2n) is 4.28. The van der Waals surface area contributed by atoms with E-state index in [2.05, 4.69) is 35.6 Å². The van der Waals surface area contributed by atoms with Crippen LogP contribution < -0.4 is 4.90 Å². The first-order chi connectivity index (χ1) is 9.29. The molecular weight excluding hydrogens is 324 g/mol. The number of imidazole rings is 1. The molecule has 0 N–H and O–H groups in total. The Morgan fingerprint density at radius 1 is 1.42 bits per heavy atom. The summed E-state index contributed by atoms with van der Waals surface area (Å²) in [5, 5.41) is 2.84. The quantitative estimate of drug-likeness (QED) is 0.685. The second-order valence-corrected chi connectivity index (χ2v) is 5.56. The van der Waals surface area contributed by atoms with Crippen molar-refractivity contribution in [2.75, 3.05) is 11.9 Å². The lowest BCUT2D eigenvalue weighted by Gasteiger charge is -2.16. The molecule has 0 atom stereocenters. The van der Waals surface area contributed by atoms with Gasteiger partial charge in [-0.15, -0.1) is 11.3 Å². The van der Waals surface area contributed by atoms with Crippen molar-refractivity contribution in [2.24, 2.45) is 0 Å². The van der Waals surface area contributed by atoms with Gasteiger partial charge in [0.15, 0.2) is 5.82 Å². The average Bonchev–Trinajstić information content (AvgIpc) is 3.04. The van der Waals surface area contributed by atoms with Crippen LogP contribution in [-0.2, 0) is 11.9 Å². The van der Waals surface area contributed by atoms with Crippen LogP contribution in [0, 0.1) is 0 Å². The third kappa shape index (κ3) is 2.37. The van der Waals surface area contributed by atoms with E-state index in [0.717, 1.165) is 34.7 Å². The summed E-state index contributed by atoms with van der Waals surface area (Å²) in [6.07, 6.45) is 2.04. The van der Waals surface area contributed by atoms with Crippen LogP contribution in [0.3, 0.4) is 0 Å². The Morgan fingerprint density at radius 2 is 2.32 bits per heavy atom. The van der Waals surface area contributed by atoms with E-state index in [1.807, 2.05) is 37.0 Å². The summed E-state index contributed by atoms with van der Waals surface area (Å²) in [5.41, 5.74) is 5.06. The van der Waals surface area contributed by atoms with Crippen LogP contribution in [0.25, 0.3) is 5.65 Å². The maximum absolute atomic E-state index is 4.70. The van der Waals surface area contributed by atoms with Crippen LogP contribution in [-0.4, -0.2) is 21.4 Å². The minimum absolute atomic E-state index is 0.771. The van der Waals surface area contributed by atoms with Crippen LogP contribution in [0.5, 0.6) is 0 Å². The molecular formula is C13H13BrN4S. The minimum Gasteiger partial charge on any atom is -0.352 e. The molecule has 0 radical (unpaired) electrons. The summed E-state index contributed by atoms with van der Waals surface area (Å²) in [5.74, 6) is 0.996. The molecule has 0 aliphatic heterocycles. The van der Waals surface area contributed by atoms with Crippen molar-refractivity contribution in [1.29, 1.82) is 0 Å². The van der Waals surface area contributed by atoms with E-state index in [0.29, 0.717) is 0 Å². The molecule has 3 aromatic heterocycles. The third-order valence-electron chi connectivity index (χ3n) is 2.98. The summed E-state index contributed by atoms with van der Waals surface area (Å²) in [6.45, 7) is 0.771. The summed E-state index contributed by atoms with van der Waals surface area (Å²) in [7, 11) is 2.05. The minimum atomic E-state index is 0.771. The zero-order valence-electron chi connectivity index (χ0n) is 10.5. The summed E-state index contributed by atoms with van der Waals surface area (Å²) in [4.78, 5) is 11.2. The summed E-state index contributed by atoms with van der Waals surface area (Å²) >= 11 is 5.17. The fourth-order valence-corrected chi connectivity index (χ4v) is 3.17. The Labute approximate surface area is 123 Å². The number of fused-ring (bicyclic) bond motifs is 1. The molecule has 19 heavy (non-hydrogen) atoms. The molecule has 0 aliphatic carbocycles. The van der Waals surface area contributed by atoms with Crippen LogP contribution in [0.1, 0.15) is 11.4 Å². The van der Waals surface area contributed by atoms with Gasteiger partial charge in [0.2, 0.25) is 0 Å². The van der Waals surface area contributed by atoms with Gasteiger partial charge in [-0.2, -0.15) is 0 Å². The van der Waals surface area contributed by atoms with Gasteiger partial charge in [0.25, 0.3) is 0 Å². The van der Waals surface area contributed by atoms with Gasteiger partial charge in [-0.1, -0.05) is 22.0 Å². The molecule has 4 nitrogen and oxygen atoms in total. The monoisotopic (exact) mass is 336 g/mol. The fourth-order valence-electron chi connectivity index (χ4n) is 2.10. The van der Waals surface area contributed by atoms with E-state index in [4.69, 9.17) is 4.98 Å². The molecule has 0 bridgehead atoms. The maximum Gasteiger partial charge on any atom is 0.152 e.